The molecule has 7 nitrogen and oxygen atoms in total. The summed E-state index contributed by atoms with van der Waals surface area (Å²) in [6.45, 7) is 1.92. The smallest absolute Gasteiger partial charge is 0.233 e. The number of thioether (sulfide) groups is 1. The van der Waals surface area contributed by atoms with E-state index in [-0.39, 0.29) is 11.6 Å². The van der Waals surface area contributed by atoms with Crippen LogP contribution in [0.15, 0.2) is 53.6 Å². The van der Waals surface area contributed by atoms with Crippen LogP contribution in [-0.4, -0.2) is 36.8 Å². The van der Waals surface area contributed by atoms with Gasteiger partial charge in [-0.15, -0.1) is 16.9 Å². The fourth-order valence-corrected chi connectivity index (χ4v) is 3.27. The number of fused-ring (bicyclic) bond motifs is 1. The Hall–Kier alpha value is -3.13. The molecule has 0 amide bonds. The van der Waals surface area contributed by atoms with Gasteiger partial charge >= 0.3 is 0 Å². The molecule has 0 unspecified atom stereocenters. The average molecular weight is 364 g/mol. The first-order valence-corrected chi connectivity index (χ1v) is 9.20. The van der Waals surface area contributed by atoms with Gasteiger partial charge in [0.05, 0.1) is 0 Å². The van der Waals surface area contributed by atoms with E-state index < -0.39 is 0 Å². The summed E-state index contributed by atoms with van der Waals surface area (Å²) in [5.41, 5.74) is 2.28. The minimum atomic E-state index is -0.216. The first kappa shape index (κ1) is 16.3. The van der Waals surface area contributed by atoms with Crippen LogP contribution in [0.2, 0.25) is 0 Å². The number of H-pyrrole nitrogens is 1. The summed E-state index contributed by atoms with van der Waals surface area (Å²) in [6, 6.07) is 13.1. The molecule has 3 heterocycles. The summed E-state index contributed by atoms with van der Waals surface area (Å²) in [7, 11) is 0. The molecule has 4 rings (SSSR count). The molecular weight excluding hydrogens is 348 g/mol. The molecule has 0 fully saturated rings. The standard InChI is InChI=1S/C18H16N6OS/c1-11-10-15(22-21-11)19-17-13-7-5-9-24(13)23-18(20-17)16(25)12-6-3-4-8-14(12)26-2/h3-10H,1-2H3,(H2,19,20,21,22,23). The van der Waals surface area contributed by atoms with Crippen LogP contribution in [0.4, 0.5) is 11.6 Å². The number of ketones is 1. The van der Waals surface area contributed by atoms with E-state index in [9.17, 15) is 4.79 Å². The summed E-state index contributed by atoms with van der Waals surface area (Å²) in [6.07, 6.45) is 3.73. The molecule has 0 aliphatic rings. The quantitative estimate of drug-likeness (QED) is 0.416. The molecule has 0 saturated heterocycles. The van der Waals surface area contributed by atoms with Crippen LogP contribution in [0.1, 0.15) is 21.9 Å². The van der Waals surface area contributed by atoms with Crippen molar-refractivity contribution in [1.82, 2.24) is 24.8 Å². The van der Waals surface area contributed by atoms with Crippen LogP contribution < -0.4 is 5.32 Å². The lowest BCUT2D eigenvalue weighted by Crippen LogP contribution is -2.13. The van der Waals surface area contributed by atoms with Crippen molar-refractivity contribution in [3.63, 3.8) is 0 Å². The van der Waals surface area contributed by atoms with Crippen LogP contribution in [-0.2, 0) is 0 Å². The zero-order valence-corrected chi connectivity index (χ0v) is 15.0. The van der Waals surface area contributed by atoms with E-state index in [4.69, 9.17) is 0 Å². The number of aryl methyl sites for hydroxylation is 1. The number of rotatable bonds is 5. The van der Waals surface area contributed by atoms with Gasteiger partial charge in [-0.2, -0.15) is 5.10 Å². The second-order valence-corrected chi connectivity index (χ2v) is 6.56. The Morgan fingerprint density at radius 3 is 2.85 bits per heavy atom. The maximum Gasteiger partial charge on any atom is 0.233 e. The van der Waals surface area contributed by atoms with Crippen LogP contribution in [0.5, 0.6) is 0 Å². The van der Waals surface area contributed by atoms with Gasteiger partial charge in [-0.05, 0) is 37.4 Å². The first-order chi connectivity index (χ1) is 12.7. The fourth-order valence-electron chi connectivity index (χ4n) is 2.68. The number of nitrogens with one attached hydrogen (secondary N) is 2. The second kappa shape index (κ2) is 6.64. The number of hydrogen-bond acceptors (Lipinski definition) is 6. The van der Waals surface area contributed by atoms with Gasteiger partial charge in [0.1, 0.15) is 5.52 Å². The molecule has 4 aromatic rings. The molecule has 3 aromatic heterocycles. The Balaban J connectivity index is 1.79. The molecule has 26 heavy (non-hydrogen) atoms. The zero-order chi connectivity index (χ0) is 18.1. The molecule has 0 radical (unpaired) electrons. The monoisotopic (exact) mass is 364 g/mol. The number of nitrogens with zero attached hydrogens (tertiary/aromatic N) is 4. The highest BCUT2D eigenvalue weighted by molar-refractivity contribution is 7.98. The number of carbonyl (C=O) groups is 1. The molecule has 0 aliphatic heterocycles. The fraction of sp³-hybridized carbons (Fsp3) is 0.111. The Morgan fingerprint density at radius 1 is 1.23 bits per heavy atom. The molecule has 0 atom stereocenters. The van der Waals surface area contributed by atoms with Crippen LogP contribution >= 0.6 is 11.8 Å². The predicted molar refractivity (Wildman–Crippen MR) is 101 cm³/mol. The Morgan fingerprint density at radius 2 is 2.08 bits per heavy atom. The van der Waals surface area contributed by atoms with Gasteiger partial charge in [-0.3, -0.25) is 9.89 Å². The summed E-state index contributed by atoms with van der Waals surface area (Å²) in [5.74, 6) is 1.07. The van der Waals surface area contributed by atoms with E-state index >= 15 is 0 Å². The molecule has 0 bridgehead atoms. The van der Waals surface area contributed by atoms with E-state index in [1.54, 1.807) is 16.8 Å². The third-order valence-electron chi connectivity index (χ3n) is 3.90. The van der Waals surface area contributed by atoms with Gasteiger partial charge in [0.2, 0.25) is 11.6 Å². The second-order valence-electron chi connectivity index (χ2n) is 5.71. The molecule has 2 N–H and O–H groups in total. The van der Waals surface area contributed by atoms with E-state index in [1.165, 1.54) is 11.8 Å². The Labute approximate surface area is 153 Å². The highest BCUT2D eigenvalue weighted by Gasteiger charge is 2.19. The van der Waals surface area contributed by atoms with Crippen molar-refractivity contribution < 1.29 is 4.79 Å². The molecular formula is C18H16N6OS. The summed E-state index contributed by atoms with van der Waals surface area (Å²) >= 11 is 1.52. The summed E-state index contributed by atoms with van der Waals surface area (Å²) < 4.78 is 1.64. The van der Waals surface area contributed by atoms with Crippen LogP contribution in [0.3, 0.4) is 0 Å². The van der Waals surface area contributed by atoms with Gasteiger partial charge in [0.25, 0.3) is 0 Å². The first-order valence-electron chi connectivity index (χ1n) is 7.98. The third-order valence-corrected chi connectivity index (χ3v) is 4.69. The molecule has 130 valence electrons. The Bertz CT molecular complexity index is 1100. The van der Waals surface area contributed by atoms with Crippen molar-refractivity contribution in [3.8, 4) is 0 Å². The van der Waals surface area contributed by atoms with Gasteiger partial charge in [-0.1, -0.05) is 12.1 Å². The van der Waals surface area contributed by atoms with Crippen molar-refractivity contribution >= 4 is 34.7 Å². The highest BCUT2D eigenvalue weighted by atomic mass is 32.2. The number of aromatic nitrogens is 5. The van der Waals surface area contributed by atoms with Crippen molar-refractivity contribution in [2.24, 2.45) is 0 Å². The summed E-state index contributed by atoms with van der Waals surface area (Å²) in [4.78, 5) is 18.4. The molecule has 0 aliphatic carbocycles. The van der Waals surface area contributed by atoms with E-state index in [0.29, 0.717) is 17.2 Å². The largest absolute Gasteiger partial charge is 0.322 e. The van der Waals surface area contributed by atoms with Crippen LogP contribution in [0.25, 0.3) is 5.52 Å². The highest BCUT2D eigenvalue weighted by Crippen LogP contribution is 2.24. The predicted octanol–water partition coefficient (Wildman–Crippen LogP) is 3.46. The number of aromatic amines is 1. The normalized spacial score (nSPS) is 11.0. The number of hydrogen-bond donors (Lipinski definition) is 2. The van der Waals surface area contributed by atoms with Gasteiger partial charge in [0, 0.05) is 28.4 Å². The average Bonchev–Trinajstić information content (AvgIpc) is 3.29. The number of anilines is 2. The molecule has 0 saturated carbocycles. The van der Waals surface area contributed by atoms with E-state index in [2.05, 4.69) is 25.6 Å². The third kappa shape index (κ3) is 2.95. The van der Waals surface area contributed by atoms with Crippen LogP contribution in [0, 0.1) is 6.92 Å². The zero-order valence-electron chi connectivity index (χ0n) is 14.2. The molecule has 8 heteroatoms. The lowest BCUT2D eigenvalue weighted by molar-refractivity contribution is 0.102. The number of carbonyl (C=O) groups excluding carboxylic acids is 1. The minimum Gasteiger partial charge on any atom is -0.322 e. The van der Waals surface area contributed by atoms with Crippen molar-refractivity contribution in [2.75, 3.05) is 11.6 Å². The van der Waals surface area contributed by atoms with Crippen molar-refractivity contribution in [2.45, 2.75) is 11.8 Å². The SMILES string of the molecule is CSc1ccccc1C(=O)c1nc(Nc2cc(C)[nH]n2)c2cccn2n1. The lowest BCUT2D eigenvalue weighted by atomic mass is 10.1. The maximum absolute atomic E-state index is 13.0. The Kier molecular flexibility index (Phi) is 4.18. The van der Waals surface area contributed by atoms with Crippen molar-refractivity contribution in [1.29, 1.82) is 0 Å². The molecule has 0 spiro atoms. The topological polar surface area (TPSA) is 88.0 Å². The summed E-state index contributed by atoms with van der Waals surface area (Å²) in [5, 5.41) is 14.6. The van der Waals surface area contributed by atoms with E-state index in [0.717, 1.165) is 16.1 Å². The number of benzene rings is 1. The van der Waals surface area contributed by atoms with Crippen molar-refractivity contribution in [3.05, 3.63) is 65.7 Å². The molecule has 1 aromatic carbocycles. The van der Waals surface area contributed by atoms with Gasteiger partial charge in [0.15, 0.2) is 11.6 Å². The lowest BCUT2D eigenvalue weighted by Gasteiger charge is -2.09. The van der Waals surface area contributed by atoms with Gasteiger partial charge in [-0.25, -0.2) is 9.50 Å². The van der Waals surface area contributed by atoms with E-state index in [1.807, 2.05) is 49.6 Å². The maximum atomic E-state index is 13.0. The minimum absolute atomic E-state index is 0.130. The van der Waals surface area contributed by atoms with Gasteiger partial charge < -0.3 is 5.32 Å².